The Morgan fingerprint density at radius 3 is 2.46 bits per heavy atom. The van der Waals surface area contributed by atoms with Crippen molar-refractivity contribution in [2.45, 2.75) is 19.3 Å². The monoisotopic (exact) mass is 325 g/mol. The lowest BCUT2D eigenvalue weighted by molar-refractivity contribution is 0.174. The van der Waals surface area contributed by atoms with Crippen molar-refractivity contribution in [3.8, 4) is 17.2 Å². The molecule has 126 valence electrons. The van der Waals surface area contributed by atoms with Crippen LogP contribution >= 0.6 is 0 Å². The van der Waals surface area contributed by atoms with Gasteiger partial charge in [0.1, 0.15) is 12.4 Å². The van der Waals surface area contributed by atoms with Gasteiger partial charge in [0.2, 0.25) is 6.79 Å². The van der Waals surface area contributed by atoms with Crippen LogP contribution in [0.2, 0.25) is 0 Å². The van der Waals surface area contributed by atoms with Crippen molar-refractivity contribution in [2.75, 3.05) is 33.0 Å². The zero-order valence-electron chi connectivity index (χ0n) is 13.9. The van der Waals surface area contributed by atoms with Crippen LogP contribution in [-0.4, -0.2) is 37.9 Å². The number of hydrogen-bond donors (Lipinski definition) is 0. The minimum Gasteiger partial charge on any atom is -0.492 e. The lowest BCUT2D eigenvalue weighted by Gasteiger charge is -2.15. The highest BCUT2D eigenvalue weighted by Gasteiger charge is 2.13. The quantitative estimate of drug-likeness (QED) is 0.813. The van der Waals surface area contributed by atoms with E-state index in [1.807, 2.05) is 6.07 Å². The van der Waals surface area contributed by atoms with E-state index in [0.29, 0.717) is 6.79 Å². The Morgan fingerprint density at radius 1 is 0.875 bits per heavy atom. The molecular formula is C20H23NO3. The second-order valence-electron chi connectivity index (χ2n) is 6.41. The van der Waals surface area contributed by atoms with Gasteiger partial charge in [-0.15, -0.1) is 0 Å². The highest BCUT2D eigenvalue weighted by Crippen LogP contribution is 2.33. The van der Waals surface area contributed by atoms with Gasteiger partial charge in [-0.2, -0.15) is 0 Å². The molecule has 0 bridgehead atoms. The average molecular weight is 325 g/mol. The summed E-state index contributed by atoms with van der Waals surface area (Å²) in [5.41, 5.74) is 2.49. The predicted octanol–water partition coefficient (Wildman–Crippen LogP) is 3.48. The van der Waals surface area contributed by atoms with Crippen LogP contribution in [0.25, 0.3) is 0 Å². The van der Waals surface area contributed by atoms with Crippen LogP contribution in [-0.2, 0) is 6.42 Å². The molecule has 0 saturated carbocycles. The Labute approximate surface area is 142 Å². The molecule has 4 heteroatoms. The number of ether oxygens (including phenoxy) is 3. The maximum atomic E-state index is 5.86. The van der Waals surface area contributed by atoms with Gasteiger partial charge in [-0.05, 0) is 67.7 Å². The molecule has 0 aromatic heterocycles. The molecule has 2 heterocycles. The zero-order chi connectivity index (χ0) is 16.2. The van der Waals surface area contributed by atoms with Crippen molar-refractivity contribution in [1.29, 1.82) is 0 Å². The third-order valence-corrected chi connectivity index (χ3v) is 4.64. The molecule has 2 aliphatic heterocycles. The van der Waals surface area contributed by atoms with Crippen LogP contribution in [0.5, 0.6) is 17.2 Å². The third kappa shape index (κ3) is 3.65. The topological polar surface area (TPSA) is 30.9 Å². The van der Waals surface area contributed by atoms with Crippen LogP contribution in [0, 0.1) is 0 Å². The highest BCUT2D eigenvalue weighted by atomic mass is 16.7. The number of benzene rings is 2. The summed E-state index contributed by atoms with van der Waals surface area (Å²) in [5.74, 6) is 2.62. The Hall–Kier alpha value is -2.20. The molecule has 4 nitrogen and oxygen atoms in total. The number of rotatable bonds is 6. The lowest BCUT2D eigenvalue weighted by atomic mass is 10.0. The Balaban J connectivity index is 1.30. The van der Waals surface area contributed by atoms with E-state index in [1.165, 1.54) is 37.1 Å². The van der Waals surface area contributed by atoms with Crippen LogP contribution in [0.3, 0.4) is 0 Å². The normalized spacial score (nSPS) is 16.5. The van der Waals surface area contributed by atoms with E-state index in [2.05, 4.69) is 41.3 Å². The molecular weight excluding hydrogens is 302 g/mol. The van der Waals surface area contributed by atoms with Crippen LogP contribution in [0.4, 0.5) is 0 Å². The minimum absolute atomic E-state index is 0.322. The fraction of sp³-hybridized carbons (Fsp3) is 0.400. The maximum Gasteiger partial charge on any atom is 0.231 e. The molecule has 0 atom stereocenters. The Kier molecular flexibility index (Phi) is 4.56. The van der Waals surface area contributed by atoms with Crippen LogP contribution in [0.1, 0.15) is 24.0 Å². The van der Waals surface area contributed by atoms with Gasteiger partial charge >= 0.3 is 0 Å². The molecule has 0 N–H and O–H groups in total. The summed E-state index contributed by atoms with van der Waals surface area (Å²) in [6, 6.07) is 14.5. The molecule has 24 heavy (non-hydrogen) atoms. The Morgan fingerprint density at radius 2 is 1.62 bits per heavy atom. The first kappa shape index (κ1) is 15.3. The first-order chi connectivity index (χ1) is 11.9. The van der Waals surface area contributed by atoms with Gasteiger partial charge in [0.15, 0.2) is 11.5 Å². The molecule has 0 aliphatic carbocycles. The van der Waals surface area contributed by atoms with Crippen molar-refractivity contribution in [3.63, 3.8) is 0 Å². The minimum atomic E-state index is 0.322. The summed E-state index contributed by atoms with van der Waals surface area (Å²) < 4.78 is 16.6. The van der Waals surface area contributed by atoms with Gasteiger partial charge in [0.25, 0.3) is 0 Å². The second kappa shape index (κ2) is 7.14. The summed E-state index contributed by atoms with van der Waals surface area (Å²) in [6.07, 6.45) is 3.54. The smallest absolute Gasteiger partial charge is 0.231 e. The van der Waals surface area contributed by atoms with Gasteiger partial charge in [-0.1, -0.05) is 18.2 Å². The van der Waals surface area contributed by atoms with Crippen LogP contribution < -0.4 is 14.2 Å². The number of fused-ring (bicyclic) bond motifs is 1. The van der Waals surface area contributed by atoms with Crippen molar-refractivity contribution < 1.29 is 14.2 Å². The summed E-state index contributed by atoms with van der Waals surface area (Å²) in [5, 5.41) is 0. The van der Waals surface area contributed by atoms with E-state index < -0.39 is 0 Å². The molecule has 2 aliphatic rings. The Bertz CT molecular complexity index is 678. The second-order valence-corrected chi connectivity index (χ2v) is 6.41. The number of nitrogens with zero attached hydrogens (tertiary/aromatic N) is 1. The average Bonchev–Trinajstić information content (AvgIpc) is 3.27. The predicted molar refractivity (Wildman–Crippen MR) is 93.0 cm³/mol. The maximum absolute atomic E-state index is 5.86. The SMILES string of the molecule is c1cc(OCCN2CCCC2)ccc1Cc1ccc2c(c1)OCO2. The molecule has 1 fully saturated rings. The van der Waals surface area contributed by atoms with E-state index in [1.54, 1.807) is 0 Å². The molecule has 2 aromatic carbocycles. The fourth-order valence-corrected chi connectivity index (χ4v) is 3.29. The van der Waals surface area contributed by atoms with Crippen molar-refractivity contribution in [2.24, 2.45) is 0 Å². The summed E-state index contributed by atoms with van der Waals surface area (Å²) in [6.45, 7) is 4.55. The molecule has 0 spiro atoms. The van der Waals surface area contributed by atoms with E-state index in [4.69, 9.17) is 14.2 Å². The molecule has 0 amide bonds. The van der Waals surface area contributed by atoms with Gasteiger partial charge < -0.3 is 14.2 Å². The molecule has 2 aromatic rings. The molecule has 4 rings (SSSR count). The lowest BCUT2D eigenvalue weighted by Crippen LogP contribution is -2.25. The first-order valence-electron chi connectivity index (χ1n) is 8.69. The van der Waals surface area contributed by atoms with Gasteiger partial charge in [0, 0.05) is 6.54 Å². The van der Waals surface area contributed by atoms with Crippen molar-refractivity contribution in [3.05, 3.63) is 53.6 Å². The van der Waals surface area contributed by atoms with E-state index in [9.17, 15) is 0 Å². The van der Waals surface area contributed by atoms with E-state index >= 15 is 0 Å². The van der Waals surface area contributed by atoms with Gasteiger partial charge in [0.05, 0.1) is 0 Å². The summed E-state index contributed by atoms with van der Waals surface area (Å²) in [4.78, 5) is 2.47. The largest absolute Gasteiger partial charge is 0.492 e. The van der Waals surface area contributed by atoms with E-state index in [0.717, 1.165) is 36.8 Å². The van der Waals surface area contributed by atoms with Gasteiger partial charge in [-0.3, -0.25) is 4.90 Å². The fourth-order valence-electron chi connectivity index (χ4n) is 3.29. The van der Waals surface area contributed by atoms with Crippen molar-refractivity contribution in [1.82, 2.24) is 4.90 Å². The molecule has 0 radical (unpaired) electrons. The van der Waals surface area contributed by atoms with Gasteiger partial charge in [-0.25, -0.2) is 0 Å². The number of hydrogen-bond acceptors (Lipinski definition) is 4. The summed E-state index contributed by atoms with van der Waals surface area (Å²) >= 11 is 0. The van der Waals surface area contributed by atoms with Crippen LogP contribution in [0.15, 0.2) is 42.5 Å². The zero-order valence-corrected chi connectivity index (χ0v) is 13.9. The summed E-state index contributed by atoms with van der Waals surface area (Å²) in [7, 11) is 0. The molecule has 1 saturated heterocycles. The van der Waals surface area contributed by atoms with Crippen molar-refractivity contribution >= 4 is 0 Å². The third-order valence-electron chi connectivity index (χ3n) is 4.64. The molecule has 0 unspecified atom stereocenters. The standard InChI is InChI=1S/C20H23NO3/c1-2-10-21(9-1)11-12-22-18-6-3-16(4-7-18)13-17-5-8-19-20(14-17)24-15-23-19/h3-8,14H,1-2,9-13,15H2. The number of likely N-dealkylation sites (tertiary alicyclic amines) is 1. The first-order valence-corrected chi connectivity index (χ1v) is 8.69. The highest BCUT2D eigenvalue weighted by molar-refractivity contribution is 5.45. The van der Waals surface area contributed by atoms with E-state index in [-0.39, 0.29) is 0 Å².